The van der Waals surface area contributed by atoms with E-state index in [9.17, 15) is 29.4 Å². The van der Waals surface area contributed by atoms with Crippen LogP contribution < -0.4 is 0 Å². The first-order chi connectivity index (χ1) is 28.4. The number of cyclic esters (lactones) is 1. The van der Waals surface area contributed by atoms with Gasteiger partial charge in [0.25, 0.3) is 11.7 Å². The number of ether oxygens (including phenoxy) is 5. The Morgan fingerprint density at radius 3 is 2.42 bits per heavy atom. The molecule has 4 bridgehead atoms. The Balaban J connectivity index is 1.60. The van der Waals surface area contributed by atoms with E-state index in [1.54, 1.807) is 13.8 Å². The third-order valence-corrected chi connectivity index (χ3v) is 13.6. The van der Waals surface area contributed by atoms with Gasteiger partial charge >= 0.3 is 11.9 Å². The Morgan fingerprint density at radius 2 is 1.72 bits per heavy atom. The van der Waals surface area contributed by atoms with Crippen LogP contribution in [0.15, 0.2) is 28.3 Å². The standard InChI is InChI=1S/C45H68N2O13/c1-26-19-27(2)21-36(56-6)40-37(57-7)23-29(4)45(55,60-40)41(52)42(53)47-18-9-8-16-44(47)43(54)59-39(30(5)34(48)24-35(49)32(20-26)15-17-46-44)28(3)22-31-11-10-12-33(14-13-31)58-25-38(50)51/h17,20,22,27,29-34,36-37,39-40,48,55H,8-16,18-19,21,23-25H2,1-7H3,(H,50,51)/b26-20+,28-22+,46-17-/t27-,29+,30+,31-,32+,33-,34-,36-,37-,39+,40+,44-,45+/m0/s1. The summed E-state index contributed by atoms with van der Waals surface area (Å²) in [7, 11) is 3.04. The van der Waals surface area contributed by atoms with Gasteiger partial charge in [-0.3, -0.25) is 19.4 Å². The van der Waals surface area contributed by atoms with E-state index in [2.05, 4.69) is 0 Å². The maximum Gasteiger partial charge on any atom is 0.355 e. The van der Waals surface area contributed by atoms with E-state index >= 15 is 4.79 Å². The number of rotatable bonds is 7. The van der Waals surface area contributed by atoms with Gasteiger partial charge in [-0.25, -0.2) is 9.59 Å². The first kappa shape index (κ1) is 47.7. The molecule has 3 N–H and O–H groups in total. The molecule has 3 fully saturated rings. The Hall–Kier alpha value is -3.34. The number of aliphatic imine (C=N–C) groups is 1. The average Bonchev–Trinajstić information content (AvgIpc) is 3.44. The van der Waals surface area contributed by atoms with Crippen LogP contribution in [0.5, 0.6) is 0 Å². The number of Topliss-reactive ketones (excluding diaryl/α,β-unsaturated/α-hetero) is 2. The van der Waals surface area contributed by atoms with Crippen molar-refractivity contribution in [1.29, 1.82) is 0 Å². The zero-order valence-electron chi connectivity index (χ0n) is 36.5. The molecular weight excluding hydrogens is 776 g/mol. The molecule has 4 aliphatic heterocycles. The maximum absolute atomic E-state index is 15.0. The fourth-order valence-corrected chi connectivity index (χ4v) is 10.0. The second-order valence-corrected chi connectivity index (χ2v) is 18.2. The van der Waals surface area contributed by atoms with E-state index in [0.29, 0.717) is 50.5 Å². The van der Waals surface area contributed by atoms with Crippen molar-refractivity contribution in [3.63, 3.8) is 0 Å². The average molecular weight is 845 g/mol. The Labute approximate surface area is 354 Å². The monoisotopic (exact) mass is 844 g/mol. The number of carboxylic acid groups (broad SMARTS) is 1. The highest BCUT2D eigenvalue weighted by atomic mass is 16.7. The third kappa shape index (κ3) is 10.8. The number of aliphatic hydroxyl groups excluding tert-OH is 1. The number of aliphatic carboxylic acids is 1. The zero-order chi connectivity index (χ0) is 43.9. The predicted octanol–water partition coefficient (Wildman–Crippen LogP) is 4.74. The summed E-state index contributed by atoms with van der Waals surface area (Å²) in [5.41, 5.74) is -0.463. The van der Waals surface area contributed by atoms with Gasteiger partial charge < -0.3 is 43.9 Å². The van der Waals surface area contributed by atoms with Gasteiger partial charge in [-0.1, -0.05) is 44.9 Å². The molecule has 0 aromatic carbocycles. The van der Waals surface area contributed by atoms with Gasteiger partial charge in [-0.15, -0.1) is 0 Å². The van der Waals surface area contributed by atoms with Crippen molar-refractivity contribution in [3.05, 3.63) is 23.3 Å². The van der Waals surface area contributed by atoms with Crippen molar-refractivity contribution in [2.24, 2.45) is 34.6 Å². The molecular formula is C45H68N2O13. The van der Waals surface area contributed by atoms with Crippen LogP contribution in [0, 0.1) is 29.6 Å². The van der Waals surface area contributed by atoms with Crippen molar-refractivity contribution in [2.75, 3.05) is 27.4 Å². The van der Waals surface area contributed by atoms with E-state index in [0.717, 1.165) is 23.3 Å². The summed E-state index contributed by atoms with van der Waals surface area (Å²) in [4.78, 5) is 75.5. The Kier molecular flexibility index (Phi) is 16.4. The van der Waals surface area contributed by atoms with Gasteiger partial charge in [-0.2, -0.15) is 0 Å². The van der Waals surface area contributed by atoms with E-state index in [-0.39, 0.29) is 62.6 Å². The quantitative estimate of drug-likeness (QED) is 0.137. The van der Waals surface area contributed by atoms with Gasteiger partial charge in [0.15, 0.2) is 0 Å². The molecule has 0 aromatic rings. The normalized spacial score (nSPS) is 40.9. The molecule has 0 unspecified atom stereocenters. The highest BCUT2D eigenvalue weighted by Gasteiger charge is 2.59. The molecule has 1 spiro atoms. The number of carbonyl (C=O) groups excluding carboxylic acids is 4. The smallest absolute Gasteiger partial charge is 0.355 e. The first-order valence-corrected chi connectivity index (χ1v) is 21.9. The Bertz CT molecular complexity index is 1660. The number of piperidine rings is 1. The highest BCUT2D eigenvalue weighted by molar-refractivity contribution is 6.39. The number of hydrogen-bond acceptors (Lipinski definition) is 13. The van der Waals surface area contributed by atoms with E-state index in [1.807, 2.05) is 32.9 Å². The SMILES string of the molecule is CO[C@H]1C[C@@H](C)C/C(C)=C/[C@H]2C/C=N\[C@]3(CCCCN3C(=O)C(=O)[C@]3(O)O[C@H]1[C@@H](OC)C[C@H]3C)C(=O)O[C@H](/C(C)=C/[C@H]1CCC[C@H](OCC(=O)O)CC1)[C@H](C)[C@@H](O)CC2=O. The van der Waals surface area contributed by atoms with Gasteiger partial charge in [0.05, 0.1) is 24.4 Å². The minimum absolute atomic E-state index is 0.00690. The molecule has 1 aliphatic carbocycles. The minimum Gasteiger partial charge on any atom is -0.480 e. The van der Waals surface area contributed by atoms with Crippen LogP contribution in [0.4, 0.5) is 0 Å². The molecule has 0 radical (unpaired) electrons. The number of allylic oxidation sites excluding steroid dienone is 3. The van der Waals surface area contributed by atoms with E-state index < -0.39 is 83.4 Å². The lowest BCUT2D eigenvalue weighted by molar-refractivity contribution is -0.302. The largest absolute Gasteiger partial charge is 0.480 e. The van der Waals surface area contributed by atoms with Crippen LogP contribution in [-0.2, 0) is 47.7 Å². The number of amides is 1. The number of methoxy groups -OCH3 is 2. The van der Waals surface area contributed by atoms with Crippen molar-refractivity contribution < 1.29 is 63.0 Å². The summed E-state index contributed by atoms with van der Waals surface area (Å²) in [6, 6.07) is 0. The molecule has 2 saturated heterocycles. The van der Waals surface area contributed by atoms with Gasteiger partial charge in [0.2, 0.25) is 11.4 Å². The summed E-state index contributed by atoms with van der Waals surface area (Å²) in [5, 5.41) is 33.0. The van der Waals surface area contributed by atoms with Crippen LogP contribution >= 0.6 is 0 Å². The maximum atomic E-state index is 15.0. The van der Waals surface area contributed by atoms with E-state index in [4.69, 9.17) is 33.8 Å². The number of fused-ring (bicyclic) bond motifs is 4. The number of esters is 1. The second-order valence-electron chi connectivity index (χ2n) is 18.2. The molecule has 13 atom stereocenters. The van der Waals surface area contributed by atoms with Gasteiger partial charge in [0, 0.05) is 57.6 Å². The molecule has 15 nitrogen and oxygen atoms in total. The molecule has 336 valence electrons. The summed E-state index contributed by atoms with van der Waals surface area (Å²) >= 11 is 0. The third-order valence-electron chi connectivity index (χ3n) is 13.6. The van der Waals surface area contributed by atoms with E-state index in [1.165, 1.54) is 20.4 Å². The van der Waals surface area contributed by atoms with Crippen molar-refractivity contribution in [3.8, 4) is 0 Å². The van der Waals surface area contributed by atoms with Gasteiger partial charge in [-0.05, 0) is 95.5 Å². The number of nitrogens with zero attached hydrogens (tertiary/aromatic N) is 2. The van der Waals surface area contributed by atoms with Gasteiger partial charge in [0.1, 0.15) is 24.6 Å². The number of ketones is 2. The van der Waals surface area contributed by atoms with Crippen LogP contribution in [-0.4, -0.2) is 131 Å². The lowest BCUT2D eigenvalue weighted by atomic mass is 9.82. The number of hydrogen-bond donors (Lipinski definition) is 3. The van der Waals surface area contributed by atoms with Crippen molar-refractivity contribution >= 4 is 35.6 Å². The fourth-order valence-electron chi connectivity index (χ4n) is 10.0. The lowest BCUT2D eigenvalue weighted by Crippen LogP contribution is -2.67. The number of carboxylic acids is 1. The second kappa shape index (κ2) is 20.7. The molecule has 1 amide bonds. The number of aliphatic hydroxyl groups is 2. The summed E-state index contributed by atoms with van der Waals surface area (Å²) < 4.78 is 30.0. The topological polar surface area (TPSA) is 208 Å². The molecule has 4 heterocycles. The first-order valence-electron chi connectivity index (χ1n) is 21.9. The fraction of sp³-hybridized carbons (Fsp3) is 0.778. The minimum atomic E-state index is -2.58. The van der Waals surface area contributed by atoms with Crippen LogP contribution in [0.3, 0.4) is 0 Å². The van der Waals surface area contributed by atoms with Crippen LogP contribution in [0.25, 0.3) is 0 Å². The Morgan fingerprint density at radius 1 is 1.00 bits per heavy atom. The summed E-state index contributed by atoms with van der Waals surface area (Å²) in [6.07, 6.45) is 6.42. The summed E-state index contributed by atoms with van der Waals surface area (Å²) in [6.45, 7) is 8.72. The molecule has 1 saturated carbocycles. The lowest BCUT2D eigenvalue weighted by Gasteiger charge is -2.48. The predicted molar refractivity (Wildman–Crippen MR) is 220 cm³/mol. The van der Waals surface area contributed by atoms with Crippen molar-refractivity contribution in [1.82, 2.24) is 4.90 Å². The molecule has 5 rings (SSSR count). The highest BCUT2D eigenvalue weighted by Crippen LogP contribution is 2.41. The molecule has 15 heteroatoms. The van der Waals surface area contributed by atoms with Crippen LogP contribution in [0.1, 0.15) is 118 Å². The number of carbonyl (C=O) groups is 5. The van der Waals surface area contributed by atoms with Crippen LogP contribution in [0.2, 0.25) is 0 Å². The molecule has 5 aliphatic rings. The summed E-state index contributed by atoms with van der Waals surface area (Å²) in [5.74, 6) is -9.42. The molecule has 0 aromatic heterocycles. The van der Waals surface area contributed by atoms with Crippen molar-refractivity contribution in [2.45, 2.75) is 166 Å². The molecule has 60 heavy (non-hydrogen) atoms. The zero-order valence-corrected chi connectivity index (χ0v) is 36.5.